The molecule has 0 fully saturated rings. The van der Waals surface area contributed by atoms with Gasteiger partial charge in [0.25, 0.3) is 0 Å². The van der Waals surface area contributed by atoms with Crippen LogP contribution in [-0.2, 0) is 12.8 Å². The molecule has 1 heterocycles. The Balaban J connectivity index is 2.02. The zero-order valence-corrected chi connectivity index (χ0v) is 14.3. The van der Waals surface area contributed by atoms with Crippen LogP contribution in [0.4, 0.5) is 0 Å². The van der Waals surface area contributed by atoms with Crippen molar-refractivity contribution < 1.29 is 4.74 Å². The van der Waals surface area contributed by atoms with Gasteiger partial charge in [0.05, 0.1) is 7.11 Å². The fourth-order valence-corrected chi connectivity index (χ4v) is 3.96. The molecule has 108 valence electrons. The number of methoxy groups -OCH3 is 1. The van der Waals surface area contributed by atoms with Crippen molar-refractivity contribution in [3.05, 3.63) is 50.6 Å². The van der Waals surface area contributed by atoms with E-state index in [1.807, 2.05) is 30.5 Å². The zero-order valence-electron chi connectivity index (χ0n) is 11.9. The predicted octanol–water partition coefficient (Wildman–Crippen LogP) is 4.14. The van der Waals surface area contributed by atoms with Gasteiger partial charge in [0.2, 0.25) is 0 Å². The summed E-state index contributed by atoms with van der Waals surface area (Å²) >= 11 is 5.45. The van der Waals surface area contributed by atoms with Gasteiger partial charge in [-0.05, 0) is 77.4 Å². The molecule has 0 bridgehead atoms. The standard InChI is InChI=1S/C16H20BrNOS/c1-18-11-13(10-16-15(17)7-8-20-16)9-12-3-5-14(19-2)6-4-12/h3-8,13,18H,9-11H2,1-2H3. The number of nitrogens with one attached hydrogen (secondary N) is 1. The largest absolute Gasteiger partial charge is 0.497 e. The maximum Gasteiger partial charge on any atom is 0.118 e. The van der Waals surface area contributed by atoms with Crippen molar-refractivity contribution in [3.63, 3.8) is 0 Å². The molecule has 1 aromatic carbocycles. The Kier molecular flexibility index (Phi) is 6.07. The lowest BCUT2D eigenvalue weighted by atomic mass is 9.95. The van der Waals surface area contributed by atoms with E-state index in [9.17, 15) is 0 Å². The Morgan fingerprint density at radius 1 is 1.20 bits per heavy atom. The van der Waals surface area contributed by atoms with E-state index in [-0.39, 0.29) is 0 Å². The third kappa shape index (κ3) is 4.33. The molecule has 0 radical (unpaired) electrons. The van der Waals surface area contributed by atoms with Gasteiger partial charge in [0, 0.05) is 9.35 Å². The first kappa shape index (κ1) is 15.5. The van der Waals surface area contributed by atoms with Crippen molar-refractivity contribution in [1.29, 1.82) is 0 Å². The quantitative estimate of drug-likeness (QED) is 0.807. The highest BCUT2D eigenvalue weighted by Crippen LogP contribution is 2.26. The maximum atomic E-state index is 5.21. The molecule has 2 rings (SSSR count). The van der Waals surface area contributed by atoms with Crippen molar-refractivity contribution >= 4 is 27.3 Å². The molecule has 1 aromatic heterocycles. The number of rotatable bonds is 7. The SMILES string of the molecule is CNCC(Cc1ccc(OC)cc1)Cc1sccc1Br. The Hall–Kier alpha value is -0.840. The average molecular weight is 354 g/mol. The van der Waals surface area contributed by atoms with Gasteiger partial charge in [-0.2, -0.15) is 0 Å². The minimum Gasteiger partial charge on any atom is -0.497 e. The third-order valence-corrected chi connectivity index (χ3v) is 5.29. The molecule has 0 aliphatic rings. The van der Waals surface area contributed by atoms with Gasteiger partial charge in [-0.1, -0.05) is 12.1 Å². The Morgan fingerprint density at radius 2 is 1.95 bits per heavy atom. The van der Waals surface area contributed by atoms with E-state index in [2.05, 4.69) is 44.8 Å². The van der Waals surface area contributed by atoms with Gasteiger partial charge in [-0.3, -0.25) is 0 Å². The van der Waals surface area contributed by atoms with Gasteiger partial charge in [0.1, 0.15) is 5.75 Å². The smallest absolute Gasteiger partial charge is 0.118 e. The van der Waals surface area contributed by atoms with Crippen LogP contribution in [0.2, 0.25) is 0 Å². The van der Waals surface area contributed by atoms with Crippen LogP contribution in [0.25, 0.3) is 0 Å². The predicted molar refractivity (Wildman–Crippen MR) is 89.8 cm³/mol. The molecular weight excluding hydrogens is 334 g/mol. The highest BCUT2D eigenvalue weighted by Gasteiger charge is 2.13. The Bertz CT molecular complexity index is 524. The molecular formula is C16H20BrNOS. The molecule has 1 atom stereocenters. The summed E-state index contributed by atoms with van der Waals surface area (Å²) < 4.78 is 6.44. The molecule has 0 saturated heterocycles. The fraction of sp³-hybridized carbons (Fsp3) is 0.375. The summed E-state index contributed by atoms with van der Waals surface area (Å²) in [4.78, 5) is 1.43. The van der Waals surface area contributed by atoms with Crippen molar-refractivity contribution in [2.45, 2.75) is 12.8 Å². The number of hydrogen-bond acceptors (Lipinski definition) is 3. The minimum absolute atomic E-state index is 0.600. The summed E-state index contributed by atoms with van der Waals surface area (Å²) in [6.07, 6.45) is 2.18. The first-order valence-electron chi connectivity index (χ1n) is 6.72. The van der Waals surface area contributed by atoms with Crippen molar-refractivity contribution in [1.82, 2.24) is 5.32 Å². The average Bonchev–Trinajstić information content (AvgIpc) is 2.85. The molecule has 0 saturated carbocycles. The summed E-state index contributed by atoms with van der Waals surface area (Å²) in [5, 5.41) is 5.45. The van der Waals surface area contributed by atoms with Gasteiger partial charge in [-0.15, -0.1) is 11.3 Å². The van der Waals surface area contributed by atoms with Crippen molar-refractivity contribution in [2.75, 3.05) is 20.7 Å². The van der Waals surface area contributed by atoms with E-state index in [1.165, 1.54) is 14.9 Å². The van der Waals surface area contributed by atoms with Crippen molar-refractivity contribution in [2.24, 2.45) is 5.92 Å². The van der Waals surface area contributed by atoms with Crippen LogP contribution in [0.5, 0.6) is 5.75 Å². The molecule has 0 amide bonds. The molecule has 0 aliphatic carbocycles. The fourth-order valence-electron chi connectivity index (χ4n) is 2.33. The van der Waals surface area contributed by atoms with Crippen LogP contribution in [-0.4, -0.2) is 20.7 Å². The van der Waals surface area contributed by atoms with Crippen molar-refractivity contribution in [3.8, 4) is 5.75 Å². The second-order valence-electron chi connectivity index (χ2n) is 4.87. The highest BCUT2D eigenvalue weighted by atomic mass is 79.9. The van der Waals surface area contributed by atoms with Gasteiger partial charge < -0.3 is 10.1 Å². The van der Waals surface area contributed by atoms with Crippen LogP contribution in [0, 0.1) is 5.92 Å². The minimum atomic E-state index is 0.600. The lowest BCUT2D eigenvalue weighted by Gasteiger charge is -2.16. The lowest BCUT2D eigenvalue weighted by molar-refractivity contribution is 0.414. The molecule has 0 aliphatic heterocycles. The van der Waals surface area contributed by atoms with Crippen LogP contribution in [0.3, 0.4) is 0 Å². The molecule has 2 nitrogen and oxygen atoms in total. The molecule has 4 heteroatoms. The van der Waals surface area contributed by atoms with Gasteiger partial charge >= 0.3 is 0 Å². The summed E-state index contributed by atoms with van der Waals surface area (Å²) in [6, 6.07) is 10.5. The molecule has 2 aromatic rings. The number of thiophene rings is 1. The number of halogens is 1. The first-order chi connectivity index (χ1) is 9.72. The molecule has 0 spiro atoms. The normalized spacial score (nSPS) is 12.3. The van der Waals surface area contributed by atoms with E-state index in [1.54, 1.807) is 7.11 Å². The van der Waals surface area contributed by atoms with E-state index < -0.39 is 0 Å². The Labute approximate surface area is 133 Å². The number of hydrogen-bond donors (Lipinski definition) is 1. The summed E-state index contributed by atoms with van der Waals surface area (Å²) in [5.41, 5.74) is 1.36. The van der Waals surface area contributed by atoms with Gasteiger partial charge in [-0.25, -0.2) is 0 Å². The van der Waals surface area contributed by atoms with E-state index in [4.69, 9.17) is 4.74 Å². The van der Waals surface area contributed by atoms with Crippen LogP contribution in [0.15, 0.2) is 40.2 Å². The number of benzene rings is 1. The lowest BCUT2D eigenvalue weighted by Crippen LogP contribution is -2.22. The highest BCUT2D eigenvalue weighted by molar-refractivity contribution is 9.10. The van der Waals surface area contributed by atoms with Crippen LogP contribution in [0.1, 0.15) is 10.4 Å². The number of ether oxygens (including phenoxy) is 1. The summed E-state index contributed by atoms with van der Waals surface area (Å²) in [6.45, 7) is 1.02. The molecule has 1 N–H and O–H groups in total. The second kappa shape index (κ2) is 7.81. The first-order valence-corrected chi connectivity index (χ1v) is 8.39. The summed E-state index contributed by atoms with van der Waals surface area (Å²) in [5.74, 6) is 1.52. The monoisotopic (exact) mass is 353 g/mol. The maximum absolute atomic E-state index is 5.21. The Morgan fingerprint density at radius 3 is 2.50 bits per heavy atom. The summed E-state index contributed by atoms with van der Waals surface area (Å²) in [7, 11) is 3.72. The van der Waals surface area contributed by atoms with Gasteiger partial charge in [0.15, 0.2) is 0 Å². The van der Waals surface area contributed by atoms with E-state index in [0.29, 0.717) is 5.92 Å². The van der Waals surface area contributed by atoms with E-state index >= 15 is 0 Å². The topological polar surface area (TPSA) is 21.3 Å². The molecule has 20 heavy (non-hydrogen) atoms. The zero-order chi connectivity index (χ0) is 14.4. The second-order valence-corrected chi connectivity index (χ2v) is 6.73. The van der Waals surface area contributed by atoms with Crippen LogP contribution < -0.4 is 10.1 Å². The molecule has 1 unspecified atom stereocenters. The van der Waals surface area contributed by atoms with E-state index in [0.717, 1.165) is 25.1 Å². The van der Waals surface area contributed by atoms with Crippen LogP contribution >= 0.6 is 27.3 Å². The third-order valence-electron chi connectivity index (χ3n) is 3.34.